The molecule has 3 aromatic heterocycles. The van der Waals surface area contributed by atoms with Gasteiger partial charge in [-0.05, 0) is 42.0 Å². The molecule has 30 heavy (non-hydrogen) atoms. The first-order valence-electron chi connectivity index (χ1n) is 9.50. The smallest absolute Gasteiger partial charge is 0.226 e. The summed E-state index contributed by atoms with van der Waals surface area (Å²) in [5, 5.41) is 5.65. The summed E-state index contributed by atoms with van der Waals surface area (Å²) < 4.78 is 5.79. The highest BCUT2D eigenvalue weighted by Crippen LogP contribution is 2.21. The van der Waals surface area contributed by atoms with E-state index in [0.717, 1.165) is 33.4 Å². The van der Waals surface area contributed by atoms with E-state index in [4.69, 9.17) is 4.74 Å². The van der Waals surface area contributed by atoms with Crippen LogP contribution in [0.25, 0.3) is 10.7 Å². The van der Waals surface area contributed by atoms with Crippen LogP contribution >= 0.6 is 11.3 Å². The van der Waals surface area contributed by atoms with Gasteiger partial charge in [-0.1, -0.05) is 24.3 Å². The van der Waals surface area contributed by atoms with Crippen LogP contribution in [0, 0.1) is 0 Å². The lowest BCUT2D eigenvalue weighted by molar-refractivity contribution is -0.120. The predicted octanol–water partition coefficient (Wildman–Crippen LogP) is 4.04. The number of amides is 1. The fourth-order valence-electron chi connectivity index (χ4n) is 2.81. The number of ether oxygens (including phenoxy) is 1. The Hall–Kier alpha value is -3.58. The molecule has 0 fully saturated rings. The van der Waals surface area contributed by atoms with Crippen molar-refractivity contribution in [3.63, 3.8) is 0 Å². The van der Waals surface area contributed by atoms with Crippen LogP contribution in [0.1, 0.15) is 17.0 Å². The lowest BCUT2D eigenvalue weighted by atomic mass is 10.2. The summed E-state index contributed by atoms with van der Waals surface area (Å²) in [4.78, 5) is 25.4. The van der Waals surface area contributed by atoms with Gasteiger partial charge in [-0.3, -0.25) is 14.8 Å². The third-order valence-corrected chi connectivity index (χ3v) is 5.19. The Kier molecular flexibility index (Phi) is 6.41. The third-order valence-electron chi connectivity index (χ3n) is 4.28. The summed E-state index contributed by atoms with van der Waals surface area (Å²) >= 11 is 1.49. The number of carbonyl (C=O) groups excluding carboxylic acids is 1. The number of carbonyl (C=O) groups is 1. The van der Waals surface area contributed by atoms with Gasteiger partial charge in [-0.2, -0.15) is 0 Å². The number of nitrogens with zero attached hydrogens (tertiary/aromatic N) is 3. The molecule has 0 aliphatic carbocycles. The van der Waals surface area contributed by atoms with Gasteiger partial charge in [-0.25, -0.2) is 4.98 Å². The van der Waals surface area contributed by atoms with Gasteiger partial charge in [0, 0.05) is 24.3 Å². The van der Waals surface area contributed by atoms with Crippen molar-refractivity contribution >= 4 is 17.2 Å². The minimum Gasteiger partial charge on any atom is -0.487 e. The van der Waals surface area contributed by atoms with Crippen LogP contribution in [0.3, 0.4) is 0 Å². The molecule has 1 amide bonds. The molecule has 6 nitrogen and oxygen atoms in total. The van der Waals surface area contributed by atoms with Crippen LogP contribution < -0.4 is 10.1 Å². The van der Waals surface area contributed by atoms with Crippen LogP contribution in [-0.2, 0) is 24.4 Å². The van der Waals surface area contributed by atoms with Crippen molar-refractivity contribution in [1.29, 1.82) is 0 Å². The number of pyridine rings is 2. The molecule has 0 saturated heterocycles. The molecule has 1 aromatic carbocycles. The van der Waals surface area contributed by atoms with E-state index in [1.165, 1.54) is 11.3 Å². The second-order valence-corrected chi connectivity index (χ2v) is 7.43. The molecular formula is C23H20N4O2S. The molecule has 1 N–H and O–H groups in total. The monoisotopic (exact) mass is 416 g/mol. The average Bonchev–Trinajstić information content (AvgIpc) is 3.26. The number of aromatic nitrogens is 3. The summed E-state index contributed by atoms with van der Waals surface area (Å²) in [6.07, 6.45) is 3.71. The van der Waals surface area contributed by atoms with E-state index in [9.17, 15) is 4.79 Å². The van der Waals surface area contributed by atoms with Gasteiger partial charge in [0.2, 0.25) is 5.91 Å². The molecule has 0 spiro atoms. The van der Waals surface area contributed by atoms with Crippen LogP contribution in [0.2, 0.25) is 0 Å². The van der Waals surface area contributed by atoms with Crippen LogP contribution in [-0.4, -0.2) is 20.9 Å². The summed E-state index contributed by atoms with van der Waals surface area (Å²) in [6.45, 7) is 0.829. The molecule has 4 rings (SSSR count). The summed E-state index contributed by atoms with van der Waals surface area (Å²) in [5.74, 6) is 0.666. The Morgan fingerprint density at radius 2 is 1.83 bits per heavy atom. The first-order valence-corrected chi connectivity index (χ1v) is 10.4. The maximum Gasteiger partial charge on any atom is 0.226 e. The summed E-state index contributed by atoms with van der Waals surface area (Å²) in [5.41, 5.74) is 3.39. The Morgan fingerprint density at radius 3 is 2.63 bits per heavy atom. The molecule has 0 bridgehead atoms. The molecule has 3 heterocycles. The van der Waals surface area contributed by atoms with Crippen molar-refractivity contribution in [2.45, 2.75) is 19.6 Å². The minimum absolute atomic E-state index is 0.0762. The molecule has 4 aromatic rings. The molecule has 0 aliphatic heterocycles. The lowest BCUT2D eigenvalue weighted by Gasteiger charge is -2.09. The number of hydrogen-bond donors (Lipinski definition) is 1. The highest BCUT2D eigenvalue weighted by molar-refractivity contribution is 7.13. The van der Waals surface area contributed by atoms with Crippen molar-refractivity contribution in [2.24, 2.45) is 0 Å². The van der Waals surface area contributed by atoms with Crippen LogP contribution in [0.4, 0.5) is 0 Å². The zero-order valence-corrected chi connectivity index (χ0v) is 17.0. The normalized spacial score (nSPS) is 10.5. The zero-order chi connectivity index (χ0) is 20.6. The van der Waals surface area contributed by atoms with E-state index in [0.29, 0.717) is 13.2 Å². The molecule has 150 valence electrons. The molecule has 0 unspecified atom stereocenters. The quantitative estimate of drug-likeness (QED) is 0.469. The second-order valence-electron chi connectivity index (χ2n) is 6.57. The van der Waals surface area contributed by atoms with Crippen molar-refractivity contribution in [2.75, 3.05) is 0 Å². The van der Waals surface area contributed by atoms with Crippen molar-refractivity contribution in [3.05, 3.63) is 95.4 Å². The standard InChI is InChI=1S/C23H20N4O2S/c28-22(13-19-16-30-23(27-19)21-9-2-4-11-25-21)26-14-17-6-5-8-20(12-17)29-15-18-7-1-3-10-24-18/h1-12,16H,13-15H2,(H,26,28). The van der Waals surface area contributed by atoms with Gasteiger partial charge in [0.05, 0.1) is 23.5 Å². The van der Waals surface area contributed by atoms with E-state index >= 15 is 0 Å². The molecular weight excluding hydrogens is 396 g/mol. The number of rotatable bonds is 8. The first kappa shape index (κ1) is 19.7. The molecule has 7 heteroatoms. The number of benzene rings is 1. The summed E-state index contributed by atoms with van der Waals surface area (Å²) in [7, 11) is 0. The predicted molar refractivity (Wildman–Crippen MR) is 116 cm³/mol. The van der Waals surface area contributed by atoms with Crippen molar-refractivity contribution in [1.82, 2.24) is 20.3 Å². The fourth-order valence-corrected chi connectivity index (χ4v) is 3.60. The number of thiazole rings is 1. The number of hydrogen-bond acceptors (Lipinski definition) is 6. The molecule has 0 saturated carbocycles. The maximum absolute atomic E-state index is 12.3. The highest BCUT2D eigenvalue weighted by Gasteiger charge is 2.10. The average molecular weight is 417 g/mol. The van der Waals surface area contributed by atoms with E-state index in [1.54, 1.807) is 12.4 Å². The van der Waals surface area contributed by atoms with Gasteiger partial charge in [0.25, 0.3) is 0 Å². The largest absolute Gasteiger partial charge is 0.487 e. The van der Waals surface area contributed by atoms with Gasteiger partial charge in [0.1, 0.15) is 17.4 Å². The van der Waals surface area contributed by atoms with Gasteiger partial charge >= 0.3 is 0 Å². The minimum atomic E-state index is -0.0762. The number of nitrogens with one attached hydrogen (secondary N) is 1. The Balaban J connectivity index is 1.28. The van der Waals surface area contributed by atoms with Gasteiger partial charge < -0.3 is 10.1 Å². The van der Waals surface area contributed by atoms with Gasteiger partial charge in [-0.15, -0.1) is 11.3 Å². The first-order chi connectivity index (χ1) is 14.8. The fraction of sp³-hybridized carbons (Fsp3) is 0.130. The maximum atomic E-state index is 12.3. The summed E-state index contributed by atoms with van der Waals surface area (Å²) in [6, 6.07) is 19.1. The van der Waals surface area contributed by atoms with E-state index in [2.05, 4.69) is 20.3 Å². The molecule has 0 radical (unpaired) electrons. The molecule has 0 atom stereocenters. The van der Waals surface area contributed by atoms with E-state index < -0.39 is 0 Å². The van der Waals surface area contributed by atoms with Crippen LogP contribution in [0.5, 0.6) is 5.75 Å². The molecule has 0 aliphatic rings. The lowest BCUT2D eigenvalue weighted by Crippen LogP contribution is -2.24. The Morgan fingerprint density at radius 1 is 0.967 bits per heavy atom. The van der Waals surface area contributed by atoms with Crippen molar-refractivity contribution < 1.29 is 9.53 Å². The topological polar surface area (TPSA) is 77.0 Å². The van der Waals surface area contributed by atoms with E-state index in [-0.39, 0.29) is 12.3 Å². The van der Waals surface area contributed by atoms with Gasteiger partial charge in [0.15, 0.2) is 0 Å². The SMILES string of the molecule is O=C(Cc1csc(-c2ccccn2)n1)NCc1cccc(OCc2ccccn2)c1. The Bertz CT molecular complexity index is 1100. The Labute approximate surface area is 178 Å². The van der Waals surface area contributed by atoms with E-state index in [1.807, 2.05) is 66.0 Å². The second kappa shape index (κ2) is 9.76. The highest BCUT2D eigenvalue weighted by atomic mass is 32.1. The van der Waals surface area contributed by atoms with Crippen molar-refractivity contribution in [3.8, 4) is 16.5 Å². The zero-order valence-electron chi connectivity index (χ0n) is 16.2. The van der Waals surface area contributed by atoms with Crippen LogP contribution in [0.15, 0.2) is 78.4 Å². The third kappa shape index (κ3) is 5.48.